The van der Waals surface area contributed by atoms with Crippen molar-refractivity contribution in [2.45, 2.75) is 51.3 Å². The number of aromatic nitrogens is 5. The minimum Gasteiger partial charge on any atom is -0.393 e. The summed E-state index contributed by atoms with van der Waals surface area (Å²) in [5.74, 6) is 2.48. The Kier molecular flexibility index (Phi) is 6.92. The third-order valence-corrected chi connectivity index (χ3v) is 7.97. The van der Waals surface area contributed by atoms with Gasteiger partial charge in [0, 0.05) is 42.9 Å². The molecule has 1 fully saturated rings. The van der Waals surface area contributed by atoms with Gasteiger partial charge in [0.15, 0.2) is 5.13 Å². The molecule has 1 aliphatic carbocycles. The zero-order valence-corrected chi connectivity index (χ0v) is 22.3. The van der Waals surface area contributed by atoms with Crippen molar-refractivity contribution in [3.05, 3.63) is 78.1 Å². The van der Waals surface area contributed by atoms with Crippen LogP contribution >= 0.6 is 11.3 Å². The standard InChI is InChI=1S/C29H28N8OS/c1-18-32-8-9-37(18)17-19-11-27(33-23-3-5-24(38)6-4-23)35-28(12-19)36-29-34-25-7-2-21(13-26(25)39-29)22-10-20(14-30)15-31-16-22/h2,7-13,15-16,23-24,38H,3-6,17H2,1H3,(H2,33,34,35,36)/t23-,24-. The Morgan fingerprint density at radius 2 is 1.90 bits per heavy atom. The number of anilines is 3. The Bertz CT molecular complexity index is 1660. The van der Waals surface area contributed by atoms with E-state index < -0.39 is 0 Å². The Morgan fingerprint density at radius 1 is 1.05 bits per heavy atom. The summed E-state index contributed by atoms with van der Waals surface area (Å²) in [5, 5.41) is 26.9. The number of nitriles is 1. The summed E-state index contributed by atoms with van der Waals surface area (Å²) >= 11 is 1.56. The molecule has 0 saturated heterocycles. The average Bonchev–Trinajstić information content (AvgIpc) is 3.54. The molecule has 4 heterocycles. The highest BCUT2D eigenvalue weighted by Gasteiger charge is 2.20. The first-order chi connectivity index (χ1) is 19.0. The van der Waals surface area contributed by atoms with Gasteiger partial charge in [-0.1, -0.05) is 17.4 Å². The summed E-state index contributed by atoms with van der Waals surface area (Å²) in [6.07, 6.45) is 10.4. The van der Waals surface area contributed by atoms with E-state index in [0.717, 1.165) is 69.4 Å². The maximum atomic E-state index is 9.90. The molecule has 5 aromatic rings. The molecule has 39 heavy (non-hydrogen) atoms. The maximum absolute atomic E-state index is 9.90. The zero-order valence-electron chi connectivity index (χ0n) is 21.5. The van der Waals surface area contributed by atoms with E-state index in [2.05, 4.69) is 43.4 Å². The first-order valence-corrected chi connectivity index (χ1v) is 13.8. The van der Waals surface area contributed by atoms with Gasteiger partial charge < -0.3 is 20.3 Å². The number of nitrogens with zero attached hydrogens (tertiary/aromatic N) is 6. The van der Waals surface area contributed by atoms with Crippen molar-refractivity contribution in [1.29, 1.82) is 5.26 Å². The topological polar surface area (TPSA) is 125 Å². The van der Waals surface area contributed by atoms with E-state index in [1.54, 1.807) is 23.7 Å². The molecular formula is C29H28N8OS. The highest BCUT2D eigenvalue weighted by molar-refractivity contribution is 7.22. The van der Waals surface area contributed by atoms with Crippen LogP contribution < -0.4 is 10.6 Å². The van der Waals surface area contributed by atoms with Gasteiger partial charge in [-0.15, -0.1) is 0 Å². The normalized spacial score (nSPS) is 17.2. The van der Waals surface area contributed by atoms with Crippen LogP contribution in [0.5, 0.6) is 0 Å². The van der Waals surface area contributed by atoms with Gasteiger partial charge in [0.25, 0.3) is 0 Å². The quantitative estimate of drug-likeness (QED) is 0.244. The van der Waals surface area contributed by atoms with Crippen molar-refractivity contribution in [2.24, 2.45) is 0 Å². The number of benzene rings is 1. The van der Waals surface area contributed by atoms with E-state index in [-0.39, 0.29) is 12.1 Å². The summed E-state index contributed by atoms with van der Waals surface area (Å²) in [6.45, 7) is 2.68. The Labute approximate surface area is 230 Å². The lowest BCUT2D eigenvalue weighted by atomic mass is 9.93. The lowest BCUT2D eigenvalue weighted by molar-refractivity contribution is 0.126. The number of imidazole rings is 1. The van der Waals surface area contributed by atoms with Gasteiger partial charge in [-0.2, -0.15) is 5.26 Å². The molecular weight excluding hydrogens is 508 g/mol. The van der Waals surface area contributed by atoms with Crippen LogP contribution in [0.2, 0.25) is 0 Å². The number of aliphatic hydroxyl groups is 1. The smallest absolute Gasteiger partial charge is 0.189 e. The molecule has 0 unspecified atom stereocenters. The van der Waals surface area contributed by atoms with Gasteiger partial charge in [0.05, 0.1) is 21.9 Å². The first kappa shape index (κ1) is 25.0. The number of fused-ring (bicyclic) bond motifs is 1. The van der Waals surface area contributed by atoms with Gasteiger partial charge >= 0.3 is 0 Å². The molecule has 1 aromatic carbocycles. The lowest BCUT2D eigenvalue weighted by Gasteiger charge is -2.27. The largest absolute Gasteiger partial charge is 0.393 e. The van der Waals surface area contributed by atoms with E-state index in [1.807, 2.05) is 43.6 Å². The highest BCUT2D eigenvalue weighted by Crippen LogP contribution is 2.32. The molecule has 6 rings (SSSR count). The molecule has 0 spiro atoms. The van der Waals surface area contributed by atoms with E-state index in [0.29, 0.717) is 17.9 Å². The second kappa shape index (κ2) is 10.8. The van der Waals surface area contributed by atoms with E-state index in [4.69, 9.17) is 9.97 Å². The molecule has 4 aromatic heterocycles. The van der Waals surface area contributed by atoms with Crippen molar-refractivity contribution < 1.29 is 5.11 Å². The Balaban J connectivity index is 1.28. The van der Waals surface area contributed by atoms with Crippen LogP contribution in [0.1, 0.15) is 42.6 Å². The molecule has 0 bridgehead atoms. The molecule has 0 aliphatic heterocycles. The molecule has 1 aliphatic rings. The van der Waals surface area contributed by atoms with Crippen LogP contribution in [0, 0.1) is 18.3 Å². The molecule has 9 nitrogen and oxygen atoms in total. The fraction of sp³-hybridized carbons (Fsp3) is 0.276. The Hall–Kier alpha value is -4.33. The molecule has 196 valence electrons. The maximum Gasteiger partial charge on any atom is 0.189 e. The van der Waals surface area contributed by atoms with E-state index in [1.165, 1.54) is 0 Å². The predicted octanol–water partition coefficient (Wildman–Crippen LogP) is 5.64. The van der Waals surface area contributed by atoms with Crippen molar-refractivity contribution in [3.63, 3.8) is 0 Å². The number of aliphatic hydroxyl groups excluding tert-OH is 1. The van der Waals surface area contributed by atoms with Gasteiger partial charge in [-0.25, -0.2) is 15.0 Å². The second-order valence-corrected chi connectivity index (χ2v) is 10.9. The van der Waals surface area contributed by atoms with Crippen LogP contribution in [-0.2, 0) is 6.54 Å². The number of hydrogen-bond acceptors (Lipinski definition) is 9. The predicted molar refractivity (Wildman–Crippen MR) is 153 cm³/mol. The summed E-state index contributed by atoms with van der Waals surface area (Å²) < 4.78 is 3.14. The number of pyridine rings is 2. The summed E-state index contributed by atoms with van der Waals surface area (Å²) in [4.78, 5) is 18.2. The van der Waals surface area contributed by atoms with E-state index >= 15 is 0 Å². The van der Waals surface area contributed by atoms with Gasteiger partial charge in [0.2, 0.25) is 0 Å². The summed E-state index contributed by atoms with van der Waals surface area (Å²) in [7, 11) is 0. The molecule has 3 N–H and O–H groups in total. The second-order valence-electron chi connectivity index (χ2n) is 9.90. The minimum absolute atomic E-state index is 0.199. The third kappa shape index (κ3) is 5.74. The number of aryl methyl sites for hydroxylation is 1. The van der Waals surface area contributed by atoms with Crippen LogP contribution in [0.25, 0.3) is 21.3 Å². The summed E-state index contributed by atoms with van der Waals surface area (Å²) in [5.41, 5.74) is 4.40. The van der Waals surface area contributed by atoms with Gasteiger partial charge in [-0.3, -0.25) is 4.98 Å². The van der Waals surface area contributed by atoms with Gasteiger partial charge in [0.1, 0.15) is 23.5 Å². The average molecular weight is 537 g/mol. The zero-order chi connectivity index (χ0) is 26.8. The van der Waals surface area contributed by atoms with Crippen molar-refractivity contribution in [3.8, 4) is 17.2 Å². The molecule has 0 atom stereocenters. The number of hydrogen-bond donors (Lipinski definition) is 3. The number of nitrogens with one attached hydrogen (secondary N) is 2. The molecule has 1 saturated carbocycles. The molecule has 10 heteroatoms. The van der Waals surface area contributed by atoms with Crippen molar-refractivity contribution in [2.75, 3.05) is 10.6 Å². The van der Waals surface area contributed by atoms with Crippen LogP contribution in [0.15, 0.2) is 61.2 Å². The van der Waals surface area contributed by atoms with Crippen molar-refractivity contribution in [1.82, 2.24) is 24.5 Å². The van der Waals surface area contributed by atoms with Crippen LogP contribution in [0.3, 0.4) is 0 Å². The van der Waals surface area contributed by atoms with Crippen LogP contribution in [0.4, 0.5) is 16.8 Å². The molecule has 0 amide bonds. The fourth-order valence-corrected chi connectivity index (χ4v) is 5.85. The van der Waals surface area contributed by atoms with Crippen molar-refractivity contribution >= 4 is 38.3 Å². The van der Waals surface area contributed by atoms with E-state index in [9.17, 15) is 10.4 Å². The summed E-state index contributed by atoms with van der Waals surface area (Å²) in [6, 6.07) is 14.5. The number of thiazole rings is 1. The number of rotatable bonds is 7. The van der Waals surface area contributed by atoms with Gasteiger partial charge in [-0.05, 0) is 74.1 Å². The highest BCUT2D eigenvalue weighted by atomic mass is 32.1. The monoisotopic (exact) mass is 536 g/mol. The minimum atomic E-state index is -0.199. The van der Waals surface area contributed by atoms with Crippen LogP contribution in [-0.4, -0.2) is 41.8 Å². The third-order valence-electron chi connectivity index (χ3n) is 7.03. The fourth-order valence-electron chi connectivity index (χ4n) is 4.94. The SMILES string of the molecule is Cc1nccn1Cc1cc(Nc2nc3ccc(-c4cncc(C#N)c4)cc3s2)nc(N[C@H]2CC[C@H](O)CC2)c1. The molecule has 0 radical (unpaired) electrons. The first-order valence-electron chi connectivity index (χ1n) is 13.0. The Morgan fingerprint density at radius 3 is 2.69 bits per heavy atom. The lowest BCUT2D eigenvalue weighted by Crippen LogP contribution is -2.28.